The number of rotatable bonds is 7. The topological polar surface area (TPSA) is 92.7 Å². The van der Waals surface area contributed by atoms with Crippen LogP contribution in [0.1, 0.15) is 20.3 Å². The molecule has 7 heteroatoms. The average molecular weight is 253 g/mol. The molecular formula is C9H19NO5S. The van der Waals surface area contributed by atoms with E-state index in [2.05, 4.69) is 9.46 Å². The van der Waals surface area contributed by atoms with Gasteiger partial charge in [-0.3, -0.25) is 4.79 Å². The van der Waals surface area contributed by atoms with Crippen molar-refractivity contribution >= 4 is 16.0 Å². The van der Waals surface area contributed by atoms with Crippen molar-refractivity contribution in [2.75, 3.05) is 19.4 Å². The van der Waals surface area contributed by atoms with Gasteiger partial charge in [0.15, 0.2) is 0 Å². The fourth-order valence-corrected chi connectivity index (χ4v) is 1.84. The number of hydrogen-bond acceptors (Lipinski definition) is 5. The van der Waals surface area contributed by atoms with Crippen molar-refractivity contribution < 1.29 is 23.1 Å². The van der Waals surface area contributed by atoms with Crippen molar-refractivity contribution in [1.29, 1.82) is 0 Å². The van der Waals surface area contributed by atoms with Gasteiger partial charge in [-0.2, -0.15) is 0 Å². The summed E-state index contributed by atoms with van der Waals surface area (Å²) in [6.45, 7) is 3.53. The van der Waals surface area contributed by atoms with Crippen molar-refractivity contribution in [3.8, 4) is 0 Å². The van der Waals surface area contributed by atoms with Crippen LogP contribution in [-0.4, -0.2) is 45.0 Å². The quantitative estimate of drug-likeness (QED) is 0.596. The minimum Gasteiger partial charge on any atom is -0.469 e. The van der Waals surface area contributed by atoms with E-state index in [0.29, 0.717) is 0 Å². The van der Waals surface area contributed by atoms with E-state index in [4.69, 9.17) is 0 Å². The lowest BCUT2D eigenvalue weighted by Gasteiger charge is -2.14. The molecule has 96 valence electrons. The fraction of sp³-hybridized carbons (Fsp3) is 0.889. The number of ether oxygens (including phenoxy) is 1. The monoisotopic (exact) mass is 253 g/mol. The van der Waals surface area contributed by atoms with Gasteiger partial charge >= 0.3 is 5.97 Å². The molecule has 0 radical (unpaired) electrons. The normalized spacial score (nSPS) is 13.8. The maximum atomic E-state index is 11.3. The fourth-order valence-electron chi connectivity index (χ4n) is 0.840. The molecule has 2 N–H and O–H groups in total. The van der Waals surface area contributed by atoms with Gasteiger partial charge in [0, 0.05) is 6.54 Å². The summed E-state index contributed by atoms with van der Waals surface area (Å²) in [6.07, 6.45) is -0.920. The standard InChI is InChI=1S/C9H19NO5S/c1-7(2)8(11)6-10-16(13,14)5-4-9(12)15-3/h7-8,10-11H,4-6H2,1-3H3. The second-order valence-corrected chi connectivity index (χ2v) is 5.73. The molecule has 0 aliphatic heterocycles. The largest absolute Gasteiger partial charge is 0.469 e. The Morgan fingerprint density at radius 3 is 2.44 bits per heavy atom. The Morgan fingerprint density at radius 1 is 1.44 bits per heavy atom. The van der Waals surface area contributed by atoms with Gasteiger partial charge in [0.05, 0.1) is 25.4 Å². The predicted octanol–water partition coefficient (Wildman–Crippen LogP) is -0.514. The van der Waals surface area contributed by atoms with Crippen LogP contribution < -0.4 is 4.72 Å². The molecule has 0 amide bonds. The molecule has 1 atom stereocenters. The van der Waals surface area contributed by atoms with Crippen LogP contribution in [0.5, 0.6) is 0 Å². The van der Waals surface area contributed by atoms with Gasteiger partial charge in [-0.25, -0.2) is 13.1 Å². The van der Waals surface area contributed by atoms with Crippen molar-refractivity contribution in [1.82, 2.24) is 4.72 Å². The van der Waals surface area contributed by atoms with Crippen LogP contribution in [0.2, 0.25) is 0 Å². The van der Waals surface area contributed by atoms with Crippen LogP contribution in [0.3, 0.4) is 0 Å². The molecule has 0 saturated carbocycles. The van der Waals surface area contributed by atoms with Crippen LogP contribution >= 0.6 is 0 Å². The predicted molar refractivity (Wildman–Crippen MR) is 59.3 cm³/mol. The highest BCUT2D eigenvalue weighted by molar-refractivity contribution is 7.89. The van der Waals surface area contributed by atoms with E-state index in [1.165, 1.54) is 7.11 Å². The second-order valence-electron chi connectivity index (χ2n) is 3.80. The Balaban J connectivity index is 4.02. The minimum absolute atomic E-state index is 0.0247. The molecule has 0 fully saturated rings. The molecule has 0 aromatic rings. The third-order valence-electron chi connectivity index (χ3n) is 2.08. The number of carbonyl (C=O) groups is 1. The van der Waals surface area contributed by atoms with Gasteiger partial charge in [-0.1, -0.05) is 13.8 Å². The summed E-state index contributed by atoms with van der Waals surface area (Å²) in [5.41, 5.74) is 0. The highest BCUT2D eigenvalue weighted by atomic mass is 32.2. The molecule has 6 nitrogen and oxygen atoms in total. The van der Waals surface area contributed by atoms with E-state index < -0.39 is 22.1 Å². The maximum Gasteiger partial charge on any atom is 0.306 e. The Bertz CT molecular complexity index is 312. The lowest BCUT2D eigenvalue weighted by Crippen LogP contribution is -2.36. The van der Waals surface area contributed by atoms with Gasteiger partial charge in [-0.15, -0.1) is 0 Å². The molecule has 0 saturated heterocycles. The summed E-state index contributed by atoms with van der Waals surface area (Å²) >= 11 is 0. The van der Waals surface area contributed by atoms with Gasteiger partial charge < -0.3 is 9.84 Å². The van der Waals surface area contributed by atoms with E-state index in [9.17, 15) is 18.3 Å². The third-order valence-corrected chi connectivity index (χ3v) is 3.43. The molecule has 0 aromatic heterocycles. The number of methoxy groups -OCH3 is 1. The molecular weight excluding hydrogens is 234 g/mol. The number of nitrogens with one attached hydrogen (secondary N) is 1. The van der Waals surface area contributed by atoms with E-state index in [1.54, 1.807) is 13.8 Å². The first-order valence-electron chi connectivity index (χ1n) is 5.00. The van der Waals surface area contributed by atoms with Crippen LogP contribution in [0, 0.1) is 5.92 Å². The van der Waals surface area contributed by atoms with Gasteiger partial charge in [0.1, 0.15) is 0 Å². The van der Waals surface area contributed by atoms with E-state index in [1.807, 2.05) is 0 Å². The van der Waals surface area contributed by atoms with Crippen molar-refractivity contribution in [3.63, 3.8) is 0 Å². The number of aliphatic hydroxyl groups excluding tert-OH is 1. The van der Waals surface area contributed by atoms with Crippen molar-refractivity contribution in [3.05, 3.63) is 0 Å². The molecule has 0 aliphatic carbocycles. The summed E-state index contributed by atoms with van der Waals surface area (Å²) < 4.78 is 29.3. The summed E-state index contributed by atoms with van der Waals surface area (Å²) in [4.78, 5) is 10.7. The second kappa shape index (κ2) is 6.82. The first kappa shape index (κ1) is 15.3. The zero-order chi connectivity index (χ0) is 12.8. The molecule has 0 aromatic carbocycles. The van der Waals surface area contributed by atoms with Crippen molar-refractivity contribution in [2.24, 2.45) is 5.92 Å². The summed E-state index contributed by atoms with van der Waals surface area (Å²) in [7, 11) is -2.33. The molecule has 0 aliphatic rings. The SMILES string of the molecule is COC(=O)CCS(=O)(=O)NCC(O)C(C)C. The van der Waals surface area contributed by atoms with Gasteiger partial charge in [0.2, 0.25) is 10.0 Å². The van der Waals surface area contributed by atoms with Crippen LogP contribution in [-0.2, 0) is 19.6 Å². The molecule has 0 bridgehead atoms. The lowest BCUT2D eigenvalue weighted by atomic mass is 10.1. The van der Waals surface area contributed by atoms with Crippen LogP contribution in [0.25, 0.3) is 0 Å². The Morgan fingerprint density at radius 2 is 2.00 bits per heavy atom. The maximum absolute atomic E-state index is 11.3. The first-order valence-corrected chi connectivity index (χ1v) is 6.66. The Hall–Kier alpha value is -0.660. The number of esters is 1. The van der Waals surface area contributed by atoms with Crippen LogP contribution in [0.4, 0.5) is 0 Å². The zero-order valence-corrected chi connectivity index (χ0v) is 10.6. The summed E-state index contributed by atoms with van der Waals surface area (Å²) in [6, 6.07) is 0. The number of hydrogen-bond donors (Lipinski definition) is 2. The molecule has 1 unspecified atom stereocenters. The van der Waals surface area contributed by atoms with Gasteiger partial charge in [-0.05, 0) is 5.92 Å². The third kappa shape index (κ3) is 6.76. The van der Waals surface area contributed by atoms with Crippen LogP contribution in [0.15, 0.2) is 0 Å². The highest BCUT2D eigenvalue weighted by Crippen LogP contribution is 2.00. The number of sulfonamides is 1. The average Bonchev–Trinajstić information content (AvgIpc) is 2.22. The minimum atomic E-state index is -3.53. The van der Waals surface area contributed by atoms with Crippen molar-refractivity contribution in [2.45, 2.75) is 26.4 Å². The van der Waals surface area contributed by atoms with Gasteiger partial charge in [0.25, 0.3) is 0 Å². The van der Waals surface area contributed by atoms with E-state index >= 15 is 0 Å². The number of carbonyl (C=O) groups excluding carboxylic acids is 1. The zero-order valence-electron chi connectivity index (χ0n) is 9.76. The van der Waals surface area contributed by atoms with E-state index in [-0.39, 0.29) is 24.6 Å². The number of aliphatic hydroxyl groups is 1. The summed E-state index contributed by atoms with van der Waals surface area (Å²) in [5.74, 6) is -0.928. The molecule has 0 rings (SSSR count). The Kier molecular flexibility index (Phi) is 6.54. The lowest BCUT2D eigenvalue weighted by molar-refractivity contribution is -0.140. The summed E-state index contributed by atoms with van der Waals surface area (Å²) in [5, 5.41) is 9.39. The smallest absolute Gasteiger partial charge is 0.306 e. The molecule has 16 heavy (non-hydrogen) atoms. The highest BCUT2D eigenvalue weighted by Gasteiger charge is 2.16. The Labute approximate surface area is 96.0 Å². The first-order chi connectivity index (χ1) is 7.28. The van der Waals surface area contributed by atoms with E-state index in [0.717, 1.165) is 0 Å². The molecule has 0 spiro atoms. The molecule has 0 heterocycles.